The molecule has 0 N–H and O–H groups in total. The predicted molar refractivity (Wildman–Crippen MR) is 79.1 cm³/mol. The maximum atomic E-state index is 5.50. The van der Waals surface area contributed by atoms with Crippen molar-refractivity contribution in [3.8, 4) is 22.6 Å². The van der Waals surface area contributed by atoms with E-state index >= 15 is 0 Å². The van der Waals surface area contributed by atoms with Gasteiger partial charge in [-0.25, -0.2) is 0 Å². The summed E-state index contributed by atoms with van der Waals surface area (Å²) in [4.78, 5) is 0. The van der Waals surface area contributed by atoms with E-state index in [-0.39, 0.29) is 0 Å². The minimum atomic E-state index is 0.450. The van der Waals surface area contributed by atoms with E-state index in [1.165, 1.54) is 11.1 Å². The molecule has 0 aliphatic rings. The number of benzene rings is 2. The molecular weight excluding hydrogens is 236 g/mol. The fraction of sp³-hybridized carbons (Fsp3) is 0.294. The molecule has 0 unspecified atom stereocenters. The zero-order valence-electron chi connectivity index (χ0n) is 11.9. The lowest BCUT2D eigenvalue weighted by atomic mass is 9.91. The summed E-state index contributed by atoms with van der Waals surface area (Å²) in [5, 5.41) is 0. The molecule has 2 aromatic carbocycles. The molecule has 0 spiro atoms. The van der Waals surface area contributed by atoms with Crippen molar-refractivity contribution in [3.05, 3.63) is 48.0 Å². The number of methoxy groups -OCH3 is 2. The third kappa shape index (κ3) is 2.58. The van der Waals surface area contributed by atoms with E-state index in [0.717, 1.165) is 17.1 Å². The molecule has 2 rings (SSSR count). The maximum absolute atomic E-state index is 5.50. The molecule has 2 nitrogen and oxygen atoms in total. The minimum absolute atomic E-state index is 0.450. The van der Waals surface area contributed by atoms with Gasteiger partial charge in [-0.3, -0.25) is 0 Å². The highest BCUT2D eigenvalue weighted by atomic mass is 16.5. The summed E-state index contributed by atoms with van der Waals surface area (Å²) in [5.74, 6) is 2.13. The minimum Gasteiger partial charge on any atom is -0.496 e. The van der Waals surface area contributed by atoms with Crippen molar-refractivity contribution in [2.24, 2.45) is 0 Å². The second kappa shape index (κ2) is 5.79. The van der Waals surface area contributed by atoms with Crippen LogP contribution < -0.4 is 9.47 Å². The third-order valence-electron chi connectivity index (χ3n) is 3.28. The van der Waals surface area contributed by atoms with Gasteiger partial charge < -0.3 is 9.47 Å². The smallest absolute Gasteiger partial charge is 0.130 e. The standard InChI is InChI=1S/C17H20O2/c1-12(2)13-8-5-6-9-14(13)17-15(18-3)10-7-11-16(17)19-4/h5-12H,1-4H3. The van der Waals surface area contributed by atoms with Gasteiger partial charge in [-0.15, -0.1) is 0 Å². The van der Waals surface area contributed by atoms with Gasteiger partial charge in [0.15, 0.2) is 0 Å². The zero-order chi connectivity index (χ0) is 13.8. The summed E-state index contributed by atoms with van der Waals surface area (Å²) in [5.41, 5.74) is 3.49. The van der Waals surface area contributed by atoms with E-state index in [1.807, 2.05) is 24.3 Å². The molecule has 0 bridgehead atoms. The topological polar surface area (TPSA) is 18.5 Å². The molecule has 0 amide bonds. The highest BCUT2D eigenvalue weighted by Crippen LogP contribution is 2.41. The maximum Gasteiger partial charge on any atom is 0.130 e. The monoisotopic (exact) mass is 256 g/mol. The van der Waals surface area contributed by atoms with Gasteiger partial charge in [0.2, 0.25) is 0 Å². The van der Waals surface area contributed by atoms with E-state index in [9.17, 15) is 0 Å². The number of hydrogen-bond acceptors (Lipinski definition) is 2. The van der Waals surface area contributed by atoms with Crippen LogP contribution in [0.2, 0.25) is 0 Å². The molecule has 0 atom stereocenters. The van der Waals surface area contributed by atoms with Crippen LogP contribution in [0.4, 0.5) is 0 Å². The summed E-state index contributed by atoms with van der Waals surface area (Å²) in [7, 11) is 3.38. The fourth-order valence-electron chi connectivity index (χ4n) is 2.34. The first-order valence-corrected chi connectivity index (χ1v) is 6.49. The van der Waals surface area contributed by atoms with Crippen molar-refractivity contribution in [3.63, 3.8) is 0 Å². The highest BCUT2D eigenvalue weighted by Gasteiger charge is 2.16. The molecule has 2 aromatic rings. The Morgan fingerprint density at radius 3 is 1.89 bits per heavy atom. The number of hydrogen-bond donors (Lipinski definition) is 0. The van der Waals surface area contributed by atoms with Crippen LogP contribution in [0.1, 0.15) is 25.3 Å². The van der Waals surface area contributed by atoms with E-state index in [2.05, 4.69) is 32.0 Å². The van der Waals surface area contributed by atoms with Crippen LogP contribution in [0.25, 0.3) is 11.1 Å². The summed E-state index contributed by atoms with van der Waals surface area (Å²) in [6.07, 6.45) is 0. The Morgan fingerprint density at radius 1 is 0.789 bits per heavy atom. The van der Waals surface area contributed by atoms with E-state index in [4.69, 9.17) is 9.47 Å². The first-order valence-electron chi connectivity index (χ1n) is 6.49. The van der Waals surface area contributed by atoms with E-state index in [1.54, 1.807) is 14.2 Å². The van der Waals surface area contributed by atoms with Crippen molar-refractivity contribution in [2.45, 2.75) is 19.8 Å². The summed E-state index contributed by atoms with van der Waals surface area (Å²) in [6.45, 7) is 4.39. The third-order valence-corrected chi connectivity index (χ3v) is 3.28. The van der Waals surface area contributed by atoms with Gasteiger partial charge in [0, 0.05) is 0 Å². The first-order chi connectivity index (χ1) is 9.19. The average Bonchev–Trinajstić information content (AvgIpc) is 2.46. The van der Waals surface area contributed by atoms with E-state index < -0.39 is 0 Å². The van der Waals surface area contributed by atoms with Crippen molar-refractivity contribution in [1.29, 1.82) is 0 Å². The second-order valence-corrected chi connectivity index (χ2v) is 4.78. The molecule has 0 heterocycles. The van der Waals surface area contributed by atoms with Gasteiger partial charge in [0.1, 0.15) is 11.5 Å². The highest BCUT2D eigenvalue weighted by molar-refractivity contribution is 5.79. The van der Waals surface area contributed by atoms with Crippen LogP contribution in [0.3, 0.4) is 0 Å². The molecule has 0 fully saturated rings. The normalized spacial score (nSPS) is 10.6. The predicted octanol–water partition coefficient (Wildman–Crippen LogP) is 4.49. The Labute approximate surface area is 115 Å². The number of rotatable bonds is 4. The van der Waals surface area contributed by atoms with Gasteiger partial charge in [-0.05, 0) is 29.2 Å². The molecular formula is C17H20O2. The lowest BCUT2D eigenvalue weighted by Crippen LogP contribution is -1.97. The quantitative estimate of drug-likeness (QED) is 0.802. The van der Waals surface area contributed by atoms with Crippen LogP contribution in [0.5, 0.6) is 11.5 Å². The first kappa shape index (κ1) is 13.5. The zero-order valence-corrected chi connectivity index (χ0v) is 11.9. The van der Waals surface area contributed by atoms with E-state index in [0.29, 0.717) is 5.92 Å². The van der Waals surface area contributed by atoms with Crippen molar-refractivity contribution < 1.29 is 9.47 Å². The molecule has 100 valence electrons. The van der Waals surface area contributed by atoms with Gasteiger partial charge in [0.25, 0.3) is 0 Å². The molecule has 19 heavy (non-hydrogen) atoms. The summed E-state index contributed by atoms with van der Waals surface area (Å²) < 4.78 is 11.0. The molecule has 0 aliphatic heterocycles. The second-order valence-electron chi connectivity index (χ2n) is 4.78. The summed E-state index contributed by atoms with van der Waals surface area (Å²) >= 11 is 0. The van der Waals surface area contributed by atoms with Gasteiger partial charge in [0.05, 0.1) is 19.8 Å². The lowest BCUT2D eigenvalue weighted by Gasteiger charge is -2.18. The van der Waals surface area contributed by atoms with Crippen molar-refractivity contribution in [1.82, 2.24) is 0 Å². The Balaban J connectivity index is 2.71. The number of ether oxygens (including phenoxy) is 2. The van der Waals surface area contributed by atoms with Crippen LogP contribution in [-0.2, 0) is 0 Å². The van der Waals surface area contributed by atoms with Gasteiger partial charge >= 0.3 is 0 Å². The Kier molecular flexibility index (Phi) is 4.10. The van der Waals surface area contributed by atoms with Crippen LogP contribution >= 0.6 is 0 Å². The SMILES string of the molecule is COc1cccc(OC)c1-c1ccccc1C(C)C. The Morgan fingerprint density at radius 2 is 1.37 bits per heavy atom. The molecule has 0 aliphatic carbocycles. The molecule has 0 saturated carbocycles. The van der Waals surface area contributed by atoms with Gasteiger partial charge in [-0.1, -0.05) is 44.2 Å². The fourth-order valence-corrected chi connectivity index (χ4v) is 2.34. The Bertz CT molecular complexity index is 537. The Hall–Kier alpha value is -1.96. The summed E-state index contributed by atoms with van der Waals surface area (Å²) in [6, 6.07) is 14.3. The largest absolute Gasteiger partial charge is 0.496 e. The molecule has 2 heteroatoms. The van der Waals surface area contributed by atoms with Crippen LogP contribution in [0, 0.1) is 0 Å². The molecule has 0 radical (unpaired) electrons. The van der Waals surface area contributed by atoms with Gasteiger partial charge in [-0.2, -0.15) is 0 Å². The van der Waals surface area contributed by atoms with Crippen LogP contribution in [-0.4, -0.2) is 14.2 Å². The van der Waals surface area contributed by atoms with Crippen LogP contribution in [0.15, 0.2) is 42.5 Å². The van der Waals surface area contributed by atoms with Crippen molar-refractivity contribution >= 4 is 0 Å². The molecule has 0 aromatic heterocycles. The lowest BCUT2D eigenvalue weighted by molar-refractivity contribution is 0.397. The molecule has 0 saturated heterocycles. The average molecular weight is 256 g/mol. The van der Waals surface area contributed by atoms with Crippen molar-refractivity contribution in [2.75, 3.05) is 14.2 Å².